The van der Waals surface area contributed by atoms with Crippen LogP contribution in [0.3, 0.4) is 0 Å². The first-order valence-corrected chi connectivity index (χ1v) is 6.69. The highest BCUT2D eigenvalue weighted by molar-refractivity contribution is 7.80. The number of hydrogen-bond donors (Lipinski definition) is 1. The largest absolute Gasteiger partial charge is 0.388 e. The average molecular weight is 278 g/mol. The second-order valence-corrected chi connectivity index (χ2v) is 5.19. The molecule has 2 heterocycles. The minimum absolute atomic E-state index is 0.151. The summed E-state index contributed by atoms with van der Waals surface area (Å²) in [5.41, 5.74) is 7.31. The van der Waals surface area contributed by atoms with E-state index >= 15 is 0 Å². The van der Waals surface area contributed by atoms with Crippen LogP contribution >= 0.6 is 12.2 Å². The number of hydrogen-bond acceptors (Lipinski definition) is 4. The molecule has 2 rings (SSSR count). The Labute approximate surface area is 118 Å². The van der Waals surface area contributed by atoms with Gasteiger partial charge in [-0.1, -0.05) is 18.3 Å². The van der Waals surface area contributed by atoms with Gasteiger partial charge in [0.05, 0.1) is 6.54 Å². The molecule has 1 aliphatic rings. The molecule has 2 N–H and O–H groups in total. The Morgan fingerprint density at radius 1 is 1.53 bits per heavy atom. The highest BCUT2D eigenvalue weighted by Gasteiger charge is 2.20. The lowest BCUT2D eigenvalue weighted by molar-refractivity contribution is -0.130. The van der Waals surface area contributed by atoms with Crippen molar-refractivity contribution in [2.45, 2.75) is 13.0 Å². The Morgan fingerprint density at radius 2 is 2.32 bits per heavy atom. The first kappa shape index (κ1) is 13.9. The van der Waals surface area contributed by atoms with Gasteiger partial charge in [-0.2, -0.15) is 0 Å². The summed E-state index contributed by atoms with van der Waals surface area (Å²) in [6.07, 6.45) is 2.66. The topological polar surface area (TPSA) is 62.5 Å². The highest BCUT2D eigenvalue weighted by atomic mass is 32.1. The number of pyridine rings is 1. The van der Waals surface area contributed by atoms with E-state index in [4.69, 9.17) is 18.0 Å². The molecule has 1 saturated heterocycles. The minimum atomic E-state index is 0.151. The van der Waals surface area contributed by atoms with Crippen LogP contribution in [-0.4, -0.2) is 52.4 Å². The Hall–Kier alpha value is -1.53. The van der Waals surface area contributed by atoms with Crippen LogP contribution in [0.25, 0.3) is 0 Å². The van der Waals surface area contributed by atoms with Gasteiger partial charge < -0.3 is 10.6 Å². The Morgan fingerprint density at radius 3 is 3.05 bits per heavy atom. The van der Waals surface area contributed by atoms with Crippen LogP contribution in [0, 0.1) is 0 Å². The van der Waals surface area contributed by atoms with Gasteiger partial charge in [0.15, 0.2) is 0 Å². The molecule has 0 aromatic carbocycles. The summed E-state index contributed by atoms with van der Waals surface area (Å²) in [5.74, 6) is 0.151. The second kappa shape index (κ2) is 6.08. The van der Waals surface area contributed by atoms with Gasteiger partial charge in [0, 0.05) is 32.9 Å². The maximum atomic E-state index is 11.9. The van der Waals surface area contributed by atoms with E-state index in [0.717, 1.165) is 25.1 Å². The lowest BCUT2D eigenvalue weighted by Gasteiger charge is -2.20. The molecule has 1 aromatic heterocycles. The second-order valence-electron chi connectivity index (χ2n) is 4.75. The number of thiocarbonyl (C=S) groups is 1. The molecule has 0 unspecified atom stereocenters. The summed E-state index contributed by atoms with van der Waals surface area (Å²) in [6.45, 7) is 2.79. The third-order valence-corrected chi connectivity index (χ3v) is 3.46. The van der Waals surface area contributed by atoms with Crippen molar-refractivity contribution < 1.29 is 4.79 Å². The summed E-state index contributed by atoms with van der Waals surface area (Å²) in [7, 11) is 1.84. The normalized spacial score (nSPS) is 17.3. The van der Waals surface area contributed by atoms with Crippen LogP contribution in [0.5, 0.6) is 0 Å². The van der Waals surface area contributed by atoms with Crippen LogP contribution in [-0.2, 0) is 11.3 Å². The SMILES string of the molecule is CN1CCCN(Cc2cccnc2C(N)=S)CC1=O. The van der Waals surface area contributed by atoms with E-state index < -0.39 is 0 Å². The molecule has 1 amide bonds. The van der Waals surface area contributed by atoms with E-state index in [0.29, 0.717) is 23.8 Å². The first-order chi connectivity index (χ1) is 9.08. The van der Waals surface area contributed by atoms with E-state index in [1.165, 1.54) is 0 Å². The number of rotatable bonds is 3. The minimum Gasteiger partial charge on any atom is -0.388 e. The molecular weight excluding hydrogens is 260 g/mol. The molecule has 6 heteroatoms. The summed E-state index contributed by atoms with van der Waals surface area (Å²) in [6, 6.07) is 3.82. The van der Waals surface area contributed by atoms with Crippen LogP contribution < -0.4 is 5.73 Å². The van der Waals surface area contributed by atoms with Crippen LogP contribution in [0.1, 0.15) is 17.7 Å². The molecule has 5 nitrogen and oxygen atoms in total. The van der Waals surface area contributed by atoms with E-state index in [-0.39, 0.29) is 5.91 Å². The van der Waals surface area contributed by atoms with Crippen LogP contribution in [0.4, 0.5) is 0 Å². The van der Waals surface area contributed by atoms with E-state index in [1.54, 1.807) is 11.1 Å². The number of nitrogens with two attached hydrogens (primary N) is 1. The molecule has 19 heavy (non-hydrogen) atoms. The first-order valence-electron chi connectivity index (χ1n) is 6.28. The van der Waals surface area contributed by atoms with Crippen molar-refractivity contribution in [3.05, 3.63) is 29.6 Å². The van der Waals surface area contributed by atoms with Crippen LogP contribution in [0.2, 0.25) is 0 Å². The van der Waals surface area contributed by atoms with Gasteiger partial charge in [-0.3, -0.25) is 14.7 Å². The summed E-state index contributed by atoms with van der Waals surface area (Å²) in [5, 5.41) is 0. The monoisotopic (exact) mass is 278 g/mol. The molecule has 1 fully saturated rings. The van der Waals surface area contributed by atoms with Crippen molar-refractivity contribution in [1.82, 2.24) is 14.8 Å². The molecule has 0 atom stereocenters. The highest BCUT2D eigenvalue weighted by Crippen LogP contribution is 2.12. The third kappa shape index (κ3) is 3.48. The van der Waals surface area contributed by atoms with Gasteiger partial charge >= 0.3 is 0 Å². The number of carbonyl (C=O) groups excluding carboxylic acids is 1. The van der Waals surface area contributed by atoms with E-state index in [9.17, 15) is 4.79 Å². The van der Waals surface area contributed by atoms with Crippen molar-refractivity contribution in [3.8, 4) is 0 Å². The average Bonchev–Trinajstić information content (AvgIpc) is 2.52. The fourth-order valence-corrected chi connectivity index (χ4v) is 2.39. The zero-order valence-electron chi connectivity index (χ0n) is 11.0. The van der Waals surface area contributed by atoms with E-state index in [1.807, 2.05) is 19.2 Å². The zero-order chi connectivity index (χ0) is 13.8. The zero-order valence-corrected chi connectivity index (χ0v) is 11.8. The smallest absolute Gasteiger partial charge is 0.236 e. The Balaban J connectivity index is 2.12. The predicted octanol–water partition coefficient (Wildman–Crippen LogP) is 0.380. The Kier molecular flexibility index (Phi) is 4.44. The Bertz CT molecular complexity index is 491. The van der Waals surface area contributed by atoms with Gasteiger partial charge in [0.25, 0.3) is 0 Å². The fourth-order valence-electron chi connectivity index (χ4n) is 2.21. The number of likely N-dealkylation sites (N-methyl/N-ethyl adjacent to an activating group) is 1. The lowest BCUT2D eigenvalue weighted by Crippen LogP contribution is -2.34. The predicted molar refractivity (Wildman–Crippen MR) is 77.7 cm³/mol. The molecule has 102 valence electrons. The number of aromatic nitrogens is 1. The summed E-state index contributed by atoms with van der Waals surface area (Å²) < 4.78 is 0. The maximum absolute atomic E-state index is 11.9. The van der Waals surface area contributed by atoms with Crippen LogP contribution in [0.15, 0.2) is 18.3 Å². The van der Waals surface area contributed by atoms with Crippen molar-refractivity contribution >= 4 is 23.1 Å². The number of amides is 1. The molecule has 1 aliphatic heterocycles. The van der Waals surface area contributed by atoms with Gasteiger partial charge in [0.1, 0.15) is 10.7 Å². The maximum Gasteiger partial charge on any atom is 0.236 e. The standard InChI is InChI=1S/C13H18N4OS/c1-16-6-3-7-17(9-11(16)18)8-10-4-2-5-15-12(10)13(14)19/h2,4-5H,3,6-9H2,1H3,(H2,14,19). The van der Waals surface area contributed by atoms with Gasteiger partial charge in [-0.05, 0) is 18.1 Å². The molecular formula is C13H18N4OS. The van der Waals surface area contributed by atoms with E-state index in [2.05, 4.69) is 9.88 Å². The van der Waals surface area contributed by atoms with Crippen molar-refractivity contribution in [1.29, 1.82) is 0 Å². The summed E-state index contributed by atoms with van der Waals surface area (Å²) >= 11 is 5.01. The molecule has 1 aromatic rings. The molecule has 0 spiro atoms. The molecule has 0 aliphatic carbocycles. The third-order valence-electron chi connectivity index (χ3n) is 3.27. The lowest BCUT2D eigenvalue weighted by atomic mass is 10.1. The molecule has 0 saturated carbocycles. The molecule has 0 radical (unpaired) electrons. The number of nitrogens with zero attached hydrogens (tertiary/aromatic N) is 3. The van der Waals surface area contributed by atoms with Gasteiger partial charge in [-0.25, -0.2) is 0 Å². The molecule has 0 bridgehead atoms. The van der Waals surface area contributed by atoms with Crippen molar-refractivity contribution in [2.24, 2.45) is 5.73 Å². The van der Waals surface area contributed by atoms with Gasteiger partial charge in [-0.15, -0.1) is 0 Å². The fraction of sp³-hybridized carbons (Fsp3) is 0.462. The van der Waals surface area contributed by atoms with Crippen molar-refractivity contribution in [3.63, 3.8) is 0 Å². The van der Waals surface area contributed by atoms with Gasteiger partial charge in [0.2, 0.25) is 5.91 Å². The quantitative estimate of drug-likeness (QED) is 0.810. The number of carbonyl (C=O) groups is 1. The summed E-state index contributed by atoms with van der Waals surface area (Å²) in [4.78, 5) is 20.3. The van der Waals surface area contributed by atoms with Crippen molar-refractivity contribution in [2.75, 3.05) is 26.7 Å².